The molecule has 0 aromatic heterocycles. The first kappa shape index (κ1) is 17.9. The Morgan fingerprint density at radius 1 is 1.41 bits per heavy atom. The van der Waals surface area contributed by atoms with Crippen molar-refractivity contribution in [3.8, 4) is 0 Å². The van der Waals surface area contributed by atoms with Crippen molar-refractivity contribution in [3.63, 3.8) is 0 Å². The van der Waals surface area contributed by atoms with Crippen molar-refractivity contribution in [2.45, 2.75) is 33.2 Å². The third kappa shape index (κ3) is 5.00. The topological polar surface area (TPSA) is 87.7 Å². The summed E-state index contributed by atoms with van der Waals surface area (Å²) in [5.41, 5.74) is 0.514. The number of ether oxygens (including phenoxy) is 1. The highest BCUT2D eigenvalue weighted by molar-refractivity contribution is 5.95. The largest absolute Gasteiger partial charge is 0.462 e. The number of esters is 1. The smallest absolute Gasteiger partial charge is 0.338 e. The molecule has 0 aliphatic heterocycles. The van der Waals surface area contributed by atoms with Crippen LogP contribution in [0.3, 0.4) is 0 Å². The van der Waals surface area contributed by atoms with E-state index in [0.717, 1.165) is 0 Å². The first-order valence-electron chi connectivity index (χ1n) is 7.04. The number of benzene rings is 1. The molecule has 0 heterocycles. The first-order valence-corrected chi connectivity index (χ1v) is 7.04. The average Bonchev–Trinajstić information content (AvgIpc) is 2.42. The van der Waals surface area contributed by atoms with Gasteiger partial charge in [-0.2, -0.15) is 0 Å². The summed E-state index contributed by atoms with van der Waals surface area (Å²) in [6.45, 7) is 5.12. The van der Waals surface area contributed by atoms with E-state index >= 15 is 0 Å². The van der Waals surface area contributed by atoms with Gasteiger partial charge in [0.15, 0.2) is 0 Å². The van der Waals surface area contributed by atoms with Crippen molar-refractivity contribution in [1.29, 1.82) is 0 Å². The highest BCUT2D eigenvalue weighted by Crippen LogP contribution is 2.21. The monoisotopic (exact) mass is 312 g/mol. The summed E-state index contributed by atoms with van der Waals surface area (Å²) in [5, 5.41) is 13.7. The van der Waals surface area contributed by atoms with Gasteiger partial charge in [0, 0.05) is 12.6 Å². The minimum atomic E-state index is -0.643. The van der Waals surface area contributed by atoms with Crippen LogP contribution in [0.1, 0.15) is 36.2 Å². The number of amides is 2. The number of aryl methyl sites for hydroxylation is 1. The van der Waals surface area contributed by atoms with E-state index in [9.17, 15) is 14.0 Å². The van der Waals surface area contributed by atoms with E-state index in [-0.39, 0.29) is 30.5 Å². The summed E-state index contributed by atoms with van der Waals surface area (Å²) in [6.07, 6.45) is 0.387. The van der Waals surface area contributed by atoms with E-state index < -0.39 is 17.8 Å². The van der Waals surface area contributed by atoms with Crippen LogP contribution in [-0.4, -0.2) is 36.4 Å². The Hall–Kier alpha value is -2.15. The Bertz CT molecular complexity index is 549. The molecule has 1 rings (SSSR count). The molecule has 0 aliphatic carbocycles. The Kier molecular flexibility index (Phi) is 6.78. The van der Waals surface area contributed by atoms with Crippen molar-refractivity contribution in [3.05, 3.63) is 29.1 Å². The molecule has 7 heteroatoms. The number of carbonyl (C=O) groups is 2. The van der Waals surface area contributed by atoms with Gasteiger partial charge >= 0.3 is 12.0 Å². The van der Waals surface area contributed by atoms with Crippen molar-refractivity contribution >= 4 is 17.7 Å². The van der Waals surface area contributed by atoms with E-state index in [0.29, 0.717) is 12.0 Å². The minimum absolute atomic E-state index is 0.0622. The molecular weight excluding hydrogens is 291 g/mol. The van der Waals surface area contributed by atoms with Crippen LogP contribution in [0.15, 0.2) is 12.1 Å². The number of nitrogens with one attached hydrogen (secondary N) is 2. The van der Waals surface area contributed by atoms with Crippen molar-refractivity contribution in [2.24, 2.45) is 0 Å². The third-order valence-electron chi connectivity index (χ3n) is 3.00. The van der Waals surface area contributed by atoms with Crippen LogP contribution < -0.4 is 10.6 Å². The molecule has 1 aromatic carbocycles. The molecule has 0 saturated heterocycles. The normalized spacial score (nSPS) is 11.7. The molecule has 0 spiro atoms. The molecule has 0 bridgehead atoms. The number of hydrogen-bond donors (Lipinski definition) is 3. The van der Waals surface area contributed by atoms with Crippen LogP contribution in [0.2, 0.25) is 0 Å². The maximum absolute atomic E-state index is 13.9. The second kappa shape index (κ2) is 8.33. The number of hydrogen-bond acceptors (Lipinski definition) is 4. The summed E-state index contributed by atoms with van der Waals surface area (Å²) >= 11 is 0. The Morgan fingerprint density at radius 2 is 2.09 bits per heavy atom. The van der Waals surface area contributed by atoms with E-state index in [2.05, 4.69) is 10.6 Å². The number of rotatable bonds is 6. The zero-order valence-corrected chi connectivity index (χ0v) is 12.9. The number of anilines is 1. The van der Waals surface area contributed by atoms with E-state index in [1.54, 1.807) is 20.8 Å². The average molecular weight is 312 g/mol. The SMILES string of the molecule is CCOC(=O)c1cc(NC(=O)NC(C)CCO)c(F)cc1C. The fourth-order valence-electron chi connectivity index (χ4n) is 1.85. The van der Waals surface area contributed by atoms with Gasteiger partial charge in [-0.05, 0) is 44.9 Å². The third-order valence-corrected chi connectivity index (χ3v) is 3.00. The van der Waals surface area contributed by atoms with Crippen LogP contribution >= 0.6 is 0 Å². The molecule has 1 atom stereocenters. The molecule has 0 radical (unpaired) electrons. The molecule has 0 fully saturated rings. The van der Waals surface area contributed by atoms with E-state index in [1.165, 1.54) is 12.1 Å². The Balaban J connectivity index is 2.88. The molecule has 0 aliphatic rings. The van der Waals surface area contributed by atoms with Crippen molar-refractivity contribution in [2.75, 3.05) is 18.5 Å². The van der Waals surface area contributed by atoms with Crippen LogP contribution in [0.5, 0.6) is 0 Å². The zero-order valence-electron chi connectivity index (χ0n) is 12.9. The van der Waals surface area contributed by atoms with E-state index in [1.807, 2.05) is 0 Å². The van der Waals surface area contributed by atoms with Gasteiger partial charge in [-0.15, -0.1) is 0 Å². The highest BCUT2D eigenvalue weighted by atomic mass is 19.1. The number of halogens is 1. The number of carbonyl (C=O) groups excluding carboxylic acids is 2. The van der Waals surface area contributed by atoms with Crippen LogP contribution in [-0.2, 0) is 4.74 Å². The van der Waals surface area contributed by atoms with Gasteiger partial charge < -0.3 is 20.5 Å². The fraction of sp³-hybridized carbons (Fsp3) is 0.467. The Morgan fingerprint density at radius 3 is 2.68 bits per heavy atom. The van der Waals surface area contributed by atoms with Gasteiger partial charge in [-0.25, -0.2) is 14.0 Å². The number of aliphatic hydroxyl groups is 1. The van der Waals surface area contributed by atoms with E-state index in [4.69, 9.17) is 9.84 Å². The molecule has 2 amide bonds. The molecule has 1 aromatic rings. The van der Waals surface area contributed by atoms with Crippen LogP contribution in [0.25, 0.3) is 0 Å². The molecule has 6 nitrogen and oxygen atoms in total. The maximum Gasteiger partial charge on any atom is 0.338 e. The minimum Gasteiger partial charge on any atom is -0.462 e. The first-order chi connectivity index (χ1) is 10.4. The zero-order chi connectivity index (χ0) is 16.7. The molecule has 122 valence electrons. The predicted molar refractivity (Wildman–Crippen MR) is 80.4 cm³/mol. The van der Waals surface area contributed by atoms with Crippen LogP contribution in [0, 0.1) is 12.7 Å². The summed E-state index contributed by atoms with van der Waals surface area (Å²) in [7, 11) is 0. The lowest BCUT2D eigenvalue weighted by atomic mass is 10.1. The maximum atomic E-state index is 13.9. The fourth-order valence-corrected chi connectivity index (χ4v) is 1.85. The van der Waals surface area contributed by atoms with Gasteiger partial charge in [0.2, 0.25) is 0 Å². The number of aliphatic hydroxyl groups excluding tert-OH is 1. The quantitative estimate of drug-likeness (QED) is 0.703. The molecule has 3 N–H and O–H groups in total. The standard InChI is InChI=1S/C15H21FN2O4/c1-4-22-14(20)11-8-13(12(16)7-9(11)2)18-15(21)17-10(3)5-6-19/h7-8,10,19H,4-6H2,1-3H3,(H2,17,18,21). The summed E-state index contributed by atoms with van der Waals surface area (Å²) in [4.78, 5) is 23.5. The van der Waals surface area contributed by atoms with Gasteiger partial charge in [-0.1, -0.05) is 0 Å². The Labute approximate surface area is 128 Å². The van der Waals surface area contributed by atoms with Gasteiger partial charge in [0.1, 0.15) is 5.82 Å². The highest BCUT2D eigenvalue weighted by Gasteiger charge is 2.16. The van der Waals surface area contributed by atoms with Gasteiger partial charge in [0.25, 0.3) is 0 Å². The second-order valence-electron chi connectivity index (χ2n) is 4.88. The summed E-state index contributed by atoms with van der Waals surface area (Å²) < 4.78 is 18.8. The van der Waals surface area contributed by atoms with Gasteiger partial charge in [0.05, 0.1) is 17.9 Å². The van der Waals surface area contributed by atoms with Crippen molar-refractivity contribution < 1.29 is 23.8 Å². The predicted octanol–water partition coefficient (Wildman–Crippen LogP) is 2.20. The van der Waals surface area contributed by atoms with Crippen molar-refractivity contribution in [1.82, 2.24) is 5.32 Å². The molecule has 1 unspecified atom stereocenters. The molecular formula is C15H21FN2O4. The molecule has 22 heavy (non-hydrogen) atoms. The summed E-state index contributed by atoms with van der Waals surface area (Å²) in [5.74, 6) is -1.22. The second-order valence-corrected chi connectivity index (χ2v) is 4.88. The molecule has 0 saturated carbocycles. The van der Waals surface area contributed by atoms with Gasteiger partial charge in [-0.3, -0.25) is 0 Å². The summed E-state index contributed by atoms with van der Waals surface area (Å²) in [6, 6.07) is 1.54. The lowest BCUT2D eigenvalue weighted by molar-refractivity contribution is 0.0525. The lowest BCUT2D eigenvalue weighted by Gasteiger charge is -2.15. The number of urea groups is 1. The lowest BCUT2D eigenvalue weighted by Crippen LogP contribution is -2.36. The van der Waals surface area contributed by atoms with Crippen LogP contribution in [0.4, 0.5) is 14.9 Å².